The average Bonchev–Trinajstić information content (AvgIpc) is 2.39. The molecule has 1 aromatic heterocycles. The number of halogens is 2. The molecule has 0 spiro atoms. The van der Waals surface area contributed by atoms with Gasteiger partial charge in [-0.25, -0.2) is 4.98 Å². The zero-order valence-corrected chi connectivity index (χ0v) is 10.7. The Morgan fingerprint density at radius 1 is 1.28 bits per heavy atom. The van der Waals surface area contributed by atoms with E-state index in [1.54, 1.807) is 0 Å². The van der Waals surface area contributed by atoms with Gasteiger partial charge in [0.25, 0.3) is 5.91 Å². The lowest BCUT2D eigenvalue weighted by molar-refractivity contribution is 0.0375. The van der Waals surface area contributed by atoms with E-state index in [2.05, 4.69) is 10.3 Å². The van der Waals surface area contributed by atoms with Gasteiger partial charge in [0.05, 0.1) is 30.4 Å². The Bertz CT molecular complexity index is 430. The number of aliphatic hydroxyl groups is 3. The Labute approximate surface area is 113 Å². The first-order chi connectivity index (χ1) is 8.48. The topological polar surface area (TPSA) is 103 Å². The van der Waals surface area contributed by atoms with Gasteiger partial charge in [0.15, 0.2) is 0 Å². The van der Waals surface area contributed by atoms with Crippen molar-refractivity contribution in [2.45, 2.75) is 5.54 Å². The SMILES string of the molecule is O=C(NC(CO)(CO)CO)c1cnc(Cl)c(Cl)c1. The Kier molecular flexibility index (Phi) is 5.30. The molecule has 0 aliphatic rings. The molecule has 8 heteroatoms. The monoisotopic (exact) mass is 294 g/mol. The first kappa shape index (κ1) is 15.1. The molecule has 100 valence electrons. The number of hydrogen-bond acceptors (Lipinski definition) is 5. The predicted octanol–water partition coefficient (Wildman–Crippen LogP) is -0.166. The second kappa shape index (κ2) is 6.31. The third-order valence-electron chi connectivity index (χ3n) is 2.35. The summed E-state index contributed by atoms with van der Waals surface area (Å²) in [5, 5.41) is 29.7. The van der Waals surface area contributed by atoms with Crippen LogP contribution >= 0.6 is 23.2 Å². The number of nitrogens with one attached hydrogen (secondary N) is 1. The molecular weight excluding hydrogens is 283 g/mol. The van der Waals surface area contributed by atoms with Crippen molar-refractivity contribution in [1.29, 1.82) is 0 Å². The molecule has 0 saturated carbocycles. The van der Waals surface area contributed by atoms with Crippen molar-refractivity contribution < 1.29 is 20.1 Å². The first-order valence-corrected chi connectivity index (χ1v) is 5.70. The molecule has 0 aliphatic heterocycles. The highest BCUT2D eigenvalue weighted by atomic mass is 35.5. The van der Waals surface area contributed by atoms with Crippen LogP contribution in [-0.4, -0.2) is 51.6 Å². The van der Waals surface area contributed by atoms with E-state index in [1.165, 1.54) is 12.3 Å². The highest BCUT2D eigenvalue weighted by molar-refractivity contribution is 6.41. The fourth-order valence-electron chi connectivity index (χ4n) is 1.13. The number of aliphatic hydroxyl groups excluding tert-OH is 3. The minimum absolute atomic E-state index is 0.0611. The summed E-state index contributed by atoms with van der Waals surface area (Å²) in [7, 11) is 0. The van der Waals surface area contributed by atoms with Crippen LogP contribution in [0.15, 0.2) is 12.3 Å². The molecule has 0 aliphatic carbocycles. The third-order valence-corrected chi connectivity index (χ3v) is 3.03. The van der Waals surface area contributed by atoms with Crippen molar-refractivity contribution in [3.63, 3.8) is 0 Å². The van der Waals surface area contributed by atoms with E-state index >= 15 is 0 Å². The molecule has 0 unspecified atom stereocenters. The molecule has 0 aromatic carbocycles. The largest absolute Gasteiger partial charge is 0.394 e. The van der Waals surface area contributed by atoms with E-state index in [1.807, 2.05) is 0 Å². The maximum absolute atomic E-state index is 11.8. The maximum Gasteiger partial charge on any atom is 0.253 e. The van der Waals surface area contributed by atoms with Gasteiger partial charge in [-0.1, -0.05) is 23.2 Å². The molecule has 0 saturated heterocycles. The number of rotatable bonds is 5. The van der Waals surface area contributed by atoms with Crippen LogP contribution in [0.5, 0.6) is 0 Å². The Balaban J connectivity index is 2.90. The molecule has 1 rings (SSSR count). The van der Waals surface area contributed by atoms with Gasteiger partial charge in [-0.2, -0.15) is 0 Å². The number of carbonyl (C=O) groups is 1. The van der Waals surface area contributed by atoms with Crippen molar-refractivity contribution >= 4 is 29.1 Å². The summed E-state index contributed by atoms with van der Waals surface area (Å²) in [5.74, 6) is -0.641. The van der Waals surface area contributed by atoms with Crippen LogP contribution < -0.4 is 5.32 Å². The van der Waals surface area contributed by atoms with Crippen LogP contribution in [0.1, 0.15) is 10.4 Å². The molecule has 4 N–H and O–H groups in total. The second-order valence-electron chi connectivity index (χ2n) is 3.71. The zero-order chi connectivity index (χ0) is 13.8. The van der Waals surface area contributed by atoms with Crippen LogP contribution in [0.4, 0.5) is 0 Å². The molecular formula is C10H12Cl2N2O4. The fourth-order valence-corrected chi connectivity index (χ4v) is 1.40. The van der Waals surface area contributed by atoms with E-state index in [0.29, 0.717) is 0 Å². The van der Waals surface area contributed by atoms with Gasteiger partial charge >= 0.3 is 0 Å². The standard InChI is InChI=1S/C10H12Cl2N2O4/c11-7-1-6(2-13-8(7)12)9(18)14-10(3-15,4-16)5-17/h1-2,15-17H,3-5H2,(H,14,18). The molecule has 1 heterocycles. The van der Waals surface area contributed by atoms with Crippen LogP contribution in [0.3, 0.4) is 0 Å². The third kappa shape index (κ3) is 3.30. The van der Waals surface area contributed by atoms with Crippen LogP contribution in [0.25, 0.3) is 0 Å². The maximum atomic E-state index is 11.8. The molecule has 1 amide bonds. The van der Waals surface area contributed by atoms with Crippen molar-refractivity contribution in [3.05, 3.63) is 28.0 Å². The summed E-state index contributed by atoms with van der Waals surface area (Å²) < 4.78 is 0. The summed E-state index contributed by atoms with van der Waals surface area (Å²) in [4.78, 5) is 15.5. The Hall–Kier alpha value is -0.920. The van der Waals surface area contributed by atoms with Gasteiger partial charge in [0, 0.05) is 6.20 Å². The lowest BCUT2D eigenvalue weighted by atomic mass is 10.0. The lowest BCUT2D eigenvalue weighted by Crippen LogP contribution is -2.57. The quantitative estimate of drug-likeness (QED) is 0.565. The van der Waals surface area contributed by atoms with Gasteiger partial charge in [0.2, 0.25) is 0 Å². The number of hydrogen-bond donors (Lipinski definition) is 4. The summed E-state index contributed by atoms with van der Waals surface area (Å²) in [6.45, 7) is -1.83. The lowest BCUT2D eigenvalue weighted by Gasteiger charge is -2.28. The number of aromatic nitrogens is 1. The number of nitrogens with zero attached hydrogens (tertiary/aromatic N) is 1. The zero-order valence-electron chi connectivity index (χ0n) is 9.23. The summed E-state index contributed by atoms with van der Waals surface area (Å²) in [5.41, 5.74) is -1.40. The Morgan fingerprint density at radius 2 is 1.83 bits per heavy atom. The van der Waals surface area contributed by atoms with Gasteiger partial charge in [0.1, 0.15) is 10.7 Å². The number of amides is 1. The van der Waals surface area contributed by atoms with Crippen LogP contribution in [0.2, 0.25) is 10.2 Å². The van der Waals surface area contributed by atoms with E-state index in [-0.39, 0.29) is 15.7 Å². The van der Waals surface area contributed by atoms with Crippen molar-refractivity contribution in [2.24, 2.45) is 0 Å². The van der Waals surface area contributed by atoms with Crippen molar-refractivity contribution in [1.82, 2.24) is 10.3 Å². The van der Waals surface area contributed by atoms with Crippen LogP contribution in [-0.2, 0) is 0 Å². The minimum Gasteiger partial charge on any atom is -0.394 e. The average molecular weight is 295 g/mol. The molecule has 1 aromatic rings. The molecule has 0 atom stereocenters. The van der Waals surface area contributed by atoms with Crippen LogP contribution in [0, 0.1) is 0 Å². The summed E-state index contributed by atoms with van der Waals surface area (Å²) >= 11 is 11.3. The second-order valence-corrected chi connectivity index (χ2v) is 4.47. The fraction of sp³-hybridized carbons (Fsp3) is 0.400. The van der Waals surface area contributed by atoms with Crippen molar-refractivity contribution in [3.8, 4) is 0 Å². The molecule has 0 radical (unpaired) electrons. The van der Waals surface area contributed by atoms with E-state index in [0.717, 1.165) is 0 Å². The van der Waals surface area contributed by atoms with Crippen molar-refractivity contribution in [2.75, 3.05) is 19.8 Å². The highest BCUT2D eigenvalue weighted by Crippen LogP contribution is 2.20. The van der Waals surface area contributed by atoms with Gasteiger partial charge in [-0.05, 0) is 6.07 Å². The van der Waals surface area contributed by atoms with Gasteiger partial charge in [-0.15, -0.1) is 0 Å². The van der Waals surface area contributed by atoms with E-state index in [4.69, 9.17) is 38.5 Å². The number of carbonyl (C=O) groups excluding carboxylic acids is 1. The first-order valence-electron chi connectivity index (χ1n) is 4.94. The molecule has 0 bridgehead atoms. The molecule has 6 nitrogen and oxygen atoms in total. The Morgan fingerprint density at radius 3 is 2.28 bits per heavy atom. The summed E-state index contributed by atoms with van der Waals surface area (Å²) in [6.07, 6.45) is 1.19. The normalized spacial score (nSPS) is 11.4. The molecule has 18 heavy (non-hydrogen) atoms. The van der Waals surface area contributed by atoms with Gasteiger partial charge in [-0.3, -0.25) is 4.79 Å². The van der Waals surface area contributed by atoms with E-state index < -0.39 is 31.3 Å². The molecule has 0 fully saturated rings. The summed E-state index contributed by atoms with van der Waals surface area (Å²) in [6, 6.07) is 1.29. The van der Waals surface area contributed by atoms with E-state index in [9.17, 15) is 4.79 Å². The highest BCUT2D eigenvalue weighted by Gasteiger charge is 2.30. The van der Waals surface area contributed by atoms with Gasteiger partial charge < -0.3 is 20.6 Å². The number of pyridine rings is 1. The minimum atomic E-state index is -1.50. The predicted molar refractivity (Wildman–Crippen MR) is 65.7 cm³/mol. The smallest absolute Gasteiger partial charge is 0.253 e.